The van der Waals surface area contributed by atoms with Crippen molar-refractivity contribution in [1.82, 2.24) is 19.7 Å². The number of halogens is 2. The summed E-state index contributed by atoms with van der Waals surface area (Å²) in [7, 11) is 1.63. The van der Waals surface area contributed by atoms with Crippen LogP contribution in [0.25, 0.3) is 28.2 Å². The number of aromatic nitrogens is 4. The Labute approximate surface area is 171 Å². The Morgan fingerprint density at radius 3 is 2.57 bits per heavy atom. The van der Waals surface area contributed by atoms with Crippen molar-refractivity contribution in [2.24, 2.45) is 0 Å². The molecule has 0 fully saturated rings. The fourth-order valence-electron chi connectivity index (χ4n) is 2.87. The fourth-order valence-corrected chi connectivity index (χ4v) is 3.26. The van der Waals surface area contributed by atoms with Crippen molar-refractivity contribution in [3.05, 3.63) is 71.1 Å². The van der Waals surface area contributed by atoms with E-state index < -0.39 is 0 Å². The van der Waals surface area contributed by atoms with Crippen LogP contribution in [-0.2, 0) is 0 Å². The minimum Gasteiger partial charge on any atom is -0.497 e. The van der Waals surface area contributed by atoms with Crippen molar-refractivity contribution in [1.29, 1.82) is 0 Å². The van der Waals surface area contributed by atoms with E-state index in [1.807, 2.05) is 42.5 Å². The van der Waals surface area contributed by atoms with Gasteiger partial charge in [0, 0.05) is 11.8 Å². The number of pyridine rings is 1. The Morgan fingerprint density at radius 2 is 1.82 bits per heavy atom. The normalized spacial score (nSPS) is 10.8. The molecule has 0 amide bonds. The maximum atomic E-state index is 6.37. The molecule has 28 heavy (non-hydrogen) atoms. The molecule has 8 heteroatoms. The van der Waals surface area contributed by atoms with E-state index in [1.165, 1.54) is 0 Å². The number of nitrogens with two attached hydrogens (primary N) is 1. The molecule has 140 valence electrons. The number of nitrogens with zero attached hydrogens (tertiary/aromatic N) is 4. The number of rotatable bonds is 4. The fraction of sp³-hybridized carbons (Fsp3) is 0.0500. The molecule has 0 aliphatic rings. The van der Waals surface area contributed by atoms with Crippen LogP contribution in [-0.4, -0.2) is 26.9 Å². The molecule has 2 aromatic heterocycles. The second-order valence-electron chi connectivity index (χ2n) is 5.98. The second-order valence-corrected chi connectivity index (χ2v) is 6.77. The van der Waals surface area contributed by atoms with Crippen LogP contribution in [0.1, 0.15) is 0 Å². The standard InChI is InChI=1S/C20H15Cl2N5O/c1-28-14-7-5-12(6-8-14)13-9-15(19(23)24-10-13)20-26-25-11-27(20)17-4-2-3-16(21)18(17)22/h2-11H,1H3,(H2,23,24). The van der Waals surface area contributed by atoms with Gasteiger partial charge in [-0.15, -0.1) is 10.2 Å². The average Bonchev–Trinajstić information content (AvgIpc) is 3.20. The molecule has 0 unspecified atom stereocenters. The van der Waals surface area contributed by atoms with Gasteiger partial charge in [0.2, 0.25) is 0 Å². The zero-order valence-corrected chi connectivity index (χ0v) is 16.3. The molecule has 2 N–H and O–H groups in total. The number of hydrogen-bond donors (Lipinski definition) is 1. The van der Waals surface area contributed by atoms with Crippen LogP contribution in [0.2, 0.25) is 10.0 Å². The van der Waals surface area contributed by atoms with Crippen LogP contribution >= 0.6 is 23.2 Å². The Hall–Kier alpha value is -3.09. The Bertz CT molecular complexity index is 1140. The molecule has 0 saturated carbocycles. The predicted octanol–water partition coefficient (Wildman–Crippen LogP) is 4.89. The lowest BCUT2D eigenvalue weighted by Crippen LogP contribution is -2.02. The van der Waals surface area contributed by atoms with Gasteiger partial charge in [-0.25, -0.2) is 4.98 Å². The van der Waals surface area contributed by atoms with Crippen molar-refractivity contribution >= 4 is 29.0 Å². The van der Waals surface area contributed by atoms with Gasteiger partial charge >= 0.3 is 0 Å². The molecule has 0 bridgehead atoms. The first-order valence-corrected chi connectivity index (χ1v) is 9.09. The van der Waals surface area contributed by atoms with E-state index in [4.69, 9.17) is 33.7 Å². The van der Waals surface area contributed by atoms with Crippen LogP contribution in [0.4, 0.5) is 5.82 Å². The van der Waals surface area contributed by atoms with Gasteiger partial charge in [0.1, 0.15) is 17.9 Å². The van der Waals surface area contributed by atoms with E-state index in [2.05, 4.69) is 15.2 Å². The number of ether oxygens (including phenoxy) is 1. The van der Waals surface area contributed by atoms with E-state index in [0.717, 1.165) is 16.9 Å². The predicted molar refractivity (Wildman–Crippen MR) is 111 cm³/mol. The van der Waals surface area contributed by atoms with Crippen LogP contribution in [0.5, 0.6) is 5.75 Å². The van der Waals surface area contributed by atoms with Gasteiger partial charge in [-0.2, -0.15) is 0 Å². The summed E-state index contributed by atoms with van der Waals surface area (Å²) in [6.07, 6.45) is 3.28. The van der Waals surface area contributed by atoms with Crippen molar-refractivity contribution in [3.63, 3.8) is 0 Å². The third kappa shape index (κ3) is 3.28. The van der Waals surface area contributed by atoms with E-state index in [0.29, 0.717) is 32.9 Å². The summed E-state index contributed by atoms with van der Waals surface area (Å²) in [4.78, 5) is 4.34. The topological polar surface area (TPSA) is 78.8 Å². The van der Waals surface area contributed by atoms with Crippen molar-refractivity contribution in [2.45, 2.75) is 0 Å². The molecule has 2 heterocycles. The molecule has 4 aromatic rings. The second kappa shape index (κ2) is 7.50. The van der Waals surface area contributed by atoms with Crippen molar-refractivity contribution in [2.75, 3.05) is 12.8 Å². The van der Waals surface area contributed by atoms with Gasteiger partial charge in [0.15, 0.2) is 5.82 Å². The largest absolute Gasteiger partial charge is 0.497 e. The monoisotopic (exact) mass is 411 g/mol. The number of benzene rings is 2. The summed E-state index contributed by atoms with van der Waals surface area (Å²) in [6.45, 7) is 0. The first-order valence-electron chi connectivity index (χ1n) is 8.33. The Balaban J connectivity index is 1.82. The van der Waals surface area contributed by atoms with Gasteiger partial charge in [-0.05, 0) is 35.9 Å². The third-order valence-corrected chi connectivity index (χ3v) is 5.13. The summed E-state index contributed by atoms with van der Waals surface area (Å²) in [5, 5.41) is 9.10. The minimum absolute atomic E-state index is 0.338. The minimum atomic E-state index is 0.338. The number of hydrogen-bond acceptors (Lipinski definition) is 5. The third-order valence-electron chi connectivity index (χ3n) is 4.32. The maximum Gasteiger partial charge on any atom is 0.172 e. The summed E-state index contributed by atoms with van der Waals surface area (Å²) in [6, 6.07) is 15.0. The number of nitrogen functional groups attached to an aromatic ring is 1. The highest BCUT2D eigenvalue weighted by atomic mass is 35.5. The highest BCUT2D eigenvalue weighted by Crippen LogP contribution is 2.34. The molecular weight excluding hydrogens is 397 g/mol. The van der Waals surface area contributed by atoms with Crippen LogP contribution < -0.4 is 10.5 Å². The molecule has 4 rings (SSSR count). The quantitative estimate of drug-likeness (QED) is 0.516. The van der Waals surface area contributed by atoms with Gasteiger partial charge in [0.25, 0.3) is 0 Å². The highest BCUT2D eigenvalue weighted by molar-refractivity contribution is 6.43. The lowest BCUT2D eigenvalue weighted by molar-refractivity contribution is 0.415. The molecule has 0 spiro atoms. The lowest BCUT2D eigenvalue weighted by atomic mass is 10.0. The molecule has 0 aliphatic carbocycles. The van der Waals surface area contributed by atoms with E-state index in [1.54, 1.807) is 30.3 Å². The van der Waals surface area contributed by atoms with Crippen LogP contribution in [0, 0.1) is 0 Å². The molecule has 0 atom stereocenters. The van der Waals surface area contributed by atoms with Crippen LogP contribution in [0.3, 0.4) is 0 Å². The van der Waals surface area contributed by atoms with E-state index in [9.17, 15) is 0 Å². The summed E-state index contributed by atoms with van der Waals surface area (Å²) in [5.74, 6) is 1.64. The zero-order chi connectivity index (χ0) is 19.7. The van der Waals surface area contributed by atoms with Gasteiger partial charge in [-0.3, -0.25) is 4.57 Å². The first-order chi connectivity index (χ1) is 13.6. The molecule has 0 saturated heterocycles. The molecule has 2 aromatic carbocycles. The first kappa shape index (κ1) is 18.3. The van der Waals surface area contributed by atoms with Gasteiger partial charge < -0.3 is 10.5 Å². The molecular formula is C20H15Cl2N5O. The van der Waals surface area contributed by atoms with Gasteiger partial charge in [0.05, 0.1) is 28.4 Å². The summed E-state index contributed by atoms with van der Waals surface area (Å²) < 4.78 is 6.95. The maximum absolute atomic E-state index is 6.37. The van der Waals surface area contributed by atoms with Gasteiger partial charge in [-0.1, -0.05) is 41.4 Å². The molecule has 6 nitrogen and oxygen atoms in total. The zero-order valence-electron chi connectivity index (χ0n) is 14.8. The lowest BCUT2D eigenvalue weighted by Gasteiger charge is -2.12. The average molecular weight is 412 g/mol. The summed E-state index contributed by atoms with van der Waals surface area (Å²) in [5.41, 5.74) is 9.31. The van der Waals surface area contributed by atoms with E-state index in [-0.39, 0.29) is 0 Å². The Morgan fingerprint density at radius 1 is 1.04 bits per heavy atom. The SMILES string of the molecule is COc1ccc(-c2cnc(N)c(-c3nncn3-c3cccc(Cl)c3Cl)c2)cc1. The summed E-state index contributed by atoms with van der Waals surface area (Å²) >= 11 is 12.5. The highest BCUT2D eigenvalue weighted by Gasteiger charge is 2.17. The smallest absolute Gasteiger partial charge is 0.172 e. The molecule has 0 aliphatic heterocycles. The van der Waals surface area contributed by atoms with Crippen molar-refractivity contribution < 1.29 is 4.74 Å². The number of methoxy groups -OCH3 is 1. The van der Waals surface area contributed by atoms with Crippen LogP contribution in [0.15, 0.2) is 61.1 Å². The molecule has 0 radical (unpaired) electrons. The Kier molecular flexibility index (Phi) is 4.90. The van der Waals surface area contributed by atoms with E-state index >= 15 is 0 Å². The number of anilines is 1. The van der Waals surface area contributed by atoms with Crippen molar-refractivity contribution in [3.8, 4) is 34.0 Å².